The van der Waals surface area contributed by atoms with Gasteiger partial charge in [-0.2, -0.15) is 0 Å². The van der Waals surface area contributed by atoms with E-state index in [0.717, 1.165) is 12.2 Å². The van der Waals surface area contributed by atoms with Crippen LogP contribution in [0.5, 0.6) is 0 Å². The maximum absolute atomic E-state index is 6.20. The van der Waals surface area contributed by atoms with E-state index in [-0.39, 0.29) is 0 Å². The third-order valence-electron chi connectivity index (χ3n) is 4.45. The molecule has 4 unspecified atom stereocenters. The molecule has 4 atom stereocenters. The lowest BCUT2D eigenvalue weighted by atomic mass is 9.77. The highest BCUT2D eigenvalue weighted by atomic mass is 16.5. The molecule has 1 fully saturated rings. The summed E-state index contributed by atoms with van der Waals surface area (Å²) in [4.78, 5) is 0. The summed E-state index contributed by atoms with van der Waals surface area (Å²) in [6.07, 6.45) is 3.66. The van der Waals surface area contributed by atoms with Crippen LogP contribution in [0.3, 0.4) is 0 Å². The van der Waals surface area contributed by atoms with Gasteiger partial charge in [0.2, 0.25) is 0 Å². The van der Waals surface area contributed by atoms with Gasteiger partial charge >= 0.3 is 0 Å². The van der Waals surface area contributed by atoms with Gasteiger partial charge in [0.15, 0.2) is 0 Å². The lowest BCUT2D eigenvalue weighted by Gasteiger charge is -2.40. The van der Waals surface area contributed by atoms with E-state index >= 15 is 0 Å². The van der Waals surface area contributed by atoms with Gasteiger partial charge in [0.05, 0.1) is 0 Å². The molecule has 0 amide bonds. The summed E-state index contributed by atoms with van der Waals surface area (Å²) in [6.45, 7) is 9.15. The average molecular weight is 244 g/mol. The molecular weight excluding hydrogens is 220 g/mol. The highest BCUT2D eigenvalue weighted by Crippen LogP contribution is 2.38. The molecule has 98 valence electrons. The molecule has 1 heterocycles. The Morgan fingerprint density at radius 3 is 2.33 bits per heavy atom. The summed E-state index contributed by atoms with van der Waals surface area (Å²) in [6, 6.07) is 10.5. The van der Waals surface area contributed by atoms with Crippen molar-refractivity contribution in [3.05, 3.63) is 41.7 Å². The topological polar surface area (TPSA) is 9.23 Å². The van der Waals surface area contributed by atoms with Gasteiger partial charge in [-0.1, -0.05) is 58.0 Å². The summed E-state index contributed by atoms with van der Waals surface area (Å²) >= 11 is 0. The first-order valence-corrected chi connectivity index (χ1v) is 7.06. The van der Waals surface area contributed by atoms with Crippen LogP contribution in [0, 0.1) is 17.8 Å². The molecular formula is C17H24O. The van der Waals surface area contributed by atoms with Crippen LogP contribution in [-0.4, -0.2) is 6.10 Å². The minimum Gasteiger partial charge on any atom is -0.494 e. The largest absolute Gasteiger partial charge is 0.494 e. The van der Waals surface area contributed by atoms with E-state index in [2.05, 4.69) is 58.0 Å². The summed E-state index contributed by atoms with van der Waals surface area (Å²) < 4.78 is 6.20. The summed E-state index contributed by atoms with van der Waals surface area (Å²) in [7, 11) is 0. The molecule has 0 bridgehead atoms. The van der Waals surface area contributed by atoms with Gasteiger partial charge < -0.3 is 4.74 Å². The molecule has 2 rings (SSSR count). The van der Waals surface area contributed by atoms with Crippen molar-refractivity contribution in [2.24, 2.45) is 17.8 Å². The number of rotatable bonds is 2. The van der Waals surface area contributed by atoms with Crippen molar-refractivity contribution in [2.75, 3.05) is 0 Å². The zero-order valence-corrected chi connectivity index (χ0v) is 11.9. The van der Waals surface area contributed by atoms with Gasteiger partial charge in [0, 0.05) is 5.92 Å². The molecule has 1 aromatic carbocycles. The van der Waals surface area contributed by atoms with Crippen LogP contribution < -0.4 is 0 Å². The molecule has 1 heteroatoms. The van der Waals surface area contributed by atoms with Crippen molar-refractivity contribution in [3.8, 4) is 0 Å². The van der Waals surface area contributed by atoms with E-state index in [4.69, 9.17) is 4.74 Å². The third-order valence-corrected chi connectivity index (χ3v) is 4.45. The van der Waals surface area contributed by atoms with Crippen LogP contribution in [0.15, 0.2) is 36.1 Å². The van der Waals surface area contributed by atoms with Crippen molar-refractivity contribution in [1.82, 2.24) is 0 Å². The predicted octanol–water partition coefficient (Wildman–Crippen LogP) is 4.74. The molecule has 0 spiro atoms. The standard InChI is InChI=1S/C17H24O/c1-5-16-13(3)12(2)14(4)17(18-16)11-15-9-7-6-8-10-15/h6-14,16H,5H2,1-4H3. The van der Waals surface area contributed by atoms with Crippen molar-refractivity contribution in [2.45, 2.75) is 40.2 Å². The first-order valence-electron chi connectivity index (χ1n) is 7.06. The second-order valence-electron chi connectivity index (χ2n) is 5.53. The van der Waals surface area contributed by atoms with Crippen LogP contribution in [0.4, 0.5) is 0 Å². The number of allylic oxidation sites excluding steroid dienone is 1. The van der Waals surface area contributed by atoms with Gasteiger partial charge in [-0.3, -0.25) is 0 Å². The molecule has 0 aromatic heterocycles. The van der Waals surface area contributed by atoms with Gasteiger partial charge in [-0.05, 0) is 29.9 Å². The van der Waals surface area contributed by atoms with E-state index in [1.807, 2.05) is 6.07 Å². The van der Waals surface area contributed by atoms with Crippen LogP contribution in [0.1, 0.15) is 39.7 Å². The number of hydrogen-bond donors (Lipinski definition) is 0. The maximum atomic E-state index is 6.20. The third kappa shape index (κ3) is 2.60. The number of hydrogen-bond acceptors (Lipinski definition) is 1. The molecule has 18 heavy (non-hydrogen) atoms. The molecule has 1 aliphatic rings. The van der Waals surface area contributed by atoms with E-state index in [9.17, 15) is 0 Å². The molecule has 1 saturated heterocycles. The second-order valence-corrected chi connectivity index (χ2v) is 5.53. The van der Waals surface area contributed by atoms with Gasteiger partial charge in [-0.25, -0.2) is 0 Å². The molecule has 1 aromatic rings. The second kappa shape index (κ2) is 5.60. The Hall–Kier alpha value is -1.24. The smallest absolute Gasteiger partial charge is 0.101 e. The van der Waals surface area contributed by atoms with E-state index in [1.54, 1.807) is 0 Å². The van der Waals surface area contributed by atoms with Crippen LogP contribution in [-0.2, 0) is 4.74 Å². The first-order chi connectivity index (χ1) is 8.63. The molecule has 0 radical (unpaired) electrons. The summed E-state index contributed by atoms with van der Waals surface area (Å²) in [5, 5.41) is 0. The highest BCUT2D eigenvalue weighted by molar-refractivity contribution is 5.51. The van der Waals surface area contributed by atoms with E-state index in [0.29, 0.717) is 23.9 Å². The van der Waals surface area contributed by atoms with Crippen molar-refractivity contribution < 1.29 is 4.74 Å². The Labute approximate surface area is 111 Å². The van der Waals surface area contributed by atoms with E-state index < -0.39 is 0 Å². The molecule has 1 nitrogen and oxygen atoms in total. The van der Waals surface area contributed by atoms with Crippen molar-refractivity contribution in [3.63, 3.8) is 0 Å². The van der Waals surface area contributed by atoms with Gasteiger partial charge in [0.1, 0.15) is 11.9 Å². The highest BCUT2D eigenvalue weighted by Gasteiger charge is 2.35. The quantitative estimate of drug-likeness (QED) is 0.730. The Kier molecular flexibility index (Phi) is 4.11. The Morgan fingerprint density at radius 1 is 1.06 bits per heavy atom. The molecule has 1 aliphatic heterocycles. The lowest BCUT2D eigenvalue weighted by molar-refractivity contribution is -0.0240. The molecule has 0 aliphatic carbocycles. The van der Waals surface area contributed by atoms with E-state index in [1.165, 1.54) is 5.56 Å². The molecule has 0 N–H and O–H groups in total. The zero-order valence-electron chi connectivity index (χ0n) is 11.9. The zero-order chi connectivity index (χ0) is 13.1. The SMILES string of the molecule is CCC1OC(=Cc2ccccc2)C(C)C(C)C1C. The fourth-order valence-electron chi connectivity index (χ4n) is 2.78. The lowest BCUT2D eigenvalue weighted by Crippen LogP contribution is -2.36. The van der Waals surface area contributed by atoms with Crippen molar-refractivity contribution in [1.29, 1.82) is 0 Å². The maximum Gasteiger partial charge on any atom is 0.101 e. The van der Waals surface area contributed by atoms with Crippen molar-refractivity contribution >= 4 is 6.08 Å². The monoisotopic (exact) mass is 244 g/mol. The Bertz CT molecular complexity index is 405. The first kappa shape index (κ1) is 13.2. The Morgan fingerprint density at radius 2 is 1.72 bits per heavy atom. The average Bonchev–Trinajstić information content (AvgIpc) is 2.40. The molecule has 0 saturated carbocycles. The summed E-state index contributed by atoms with van der Waals surface area (Å²) in [5.41, 5.74) is 1.23. The van der Waals surface area contributed by atoms with Gasteiger partial charge in [0.25, 0.3) is 0 Å². The van der Waals surface area contributed by atoms with Crippen LogP contribution >= 0.6 is 0 Å². The predicted molar refractivity (Wildman–Crippen MR) is 77.1 cm³/mol. The Balaban J connectivity index is 2.24. The fraction of sp³-hybridized carbons (Fsp3) is 0.529. The summed E-state index contributed by atoms with van der Waals surface area (Å²) in [5.74, 6) is 2.97. The normalized spacial score (nSPS) is 34.3. The number of ether oxygens (including phenoxy) is 1. The van der Waals surface area contributed by atoms with Gasteiger partial charge in [-0.15, -0.1) is 0 Å². The minimum atomic E-state index is 0.367. The van der Waals surface area contributed by atoms with Crippen LogP contribution in [0.25, 0.3) is 6.08 Å². The van der Waals surface area contributed by atoms with Crippen LogP contribution in [0.2, 0.25) is 0 Å². The minimum absolute atomic E-state index is 0.367. The fourth-order valence-corrected chi connectivity index (χ4v) is 2.78. The number of benzene rings is 1.